The molecule has 2 aliphatic rings. The summed E-state index contributed by atoms with van der Waals surface area (Å²) >= 11 is 0. The maximum absolute atomic E-state index is 6.60. The lowest BCUT2D eigenvalue weighted by atomic mass is 9.84. The number of nitrogens with zero attached hydrogens (tertiary/aromatic N) is 1. The molecule has 4 rings (SSSR count). The molecule has 3 unspecified atom stereocenters. The van der Waals surface area contributed by atoms with Gasteiger partial charge < -0.3 is 15.2 Å². The van der Waals surface area contributed by atoms with Crippen LogP contribution < -0.4 is 15.2 Å². The molecule has 26 heavy (non-hydrogen) atoms. The third kappa shape index (κ3) is 3.44. The monoisotopic (exact) mass is 352 g/mol. The smallest absolute Gasteiger partial charge is 0.162 e. The number of benzene rings is 2. The summed E-state index contributed by atoms with van der Waals surface area (Å²) in [5.74, 6) is 1.59. The van der Waals surface area contributed by atoms with Crippen molar-refractivity contribution < 1.29 is 9.47 Å². The molecule has 3 atom stereocenters. The van der Waals surface area contributed by atoms with Crippen LogP contribution in [0.5, 0.6) is 11.5 Å². The zero-order valence-corrected chi connectivity index (χ0v) is 15.4. The Kier molecular flexibility index (Phi) is 5.14. The molecule has 1 fully saturated rings. The highest BCUT2D eigenvalue weighted by Gasteiger charge is 2.37. The molecule has 2 N–H and O–H groups in total. The van der Waals surface area contributed by atoms with Crippen molar-refractivity contribution in [3.8, 4) is 11.5 Å². The Morgan fingerprint density at radius 3 is 2.58 bits per heavy atom. The van der Waals surface area contributed by atoms with E-state index in [9.17, 15) is 0 Å². The Morgan fingerprint density at radius 1 is 1.00 bits per heavy atom. The predicted octanol–water partition coefficient (Wildman–Crippen LogP) is 3.55. The summed E-state index contributed by atoms with van der Waals surface area (Å²) in [5.41, 5.74) is 8.96. The van der Waals surface area contributed by atoms with Gasteiger partial charge in [0.25, 0.3) is 0 Å². The molecule has 4 heteroatoms. The zero-order valence-electron chi connectivity index (χ0n) is 15.4. The SMILES string of the molecule is COc1ccccc1OC1c2ccccc2CCC1N1CCCC(N)C1. The Labute approximate surface area is 155 Å². The Bertz CT molecular complexity index is 748. The highest BCUT2D eigenvalue weighted by Crippen LogP contribution is 2.39. The number of likely N-dealkylation sites (tertiary alicyclic amines) is 1. The largest absolute Gasteiger partial charge is 0.493 e. The fourth-order valence-corrected chi connectivity index (χ4v) is 4.41. The predicted molar refractivity (Wildman–Crippen MR) is 104 cm³/mol. The third-order valence-corrected chi connectivity index (χ3v) is 5.70. The molecule has 2 aromatic carbocycles. The molecule has 0 aromatic heterocycles. The highest BCUT2D eigenvalue weighted by atomic mass is 16.5. The van der Waals surface area contributed by atoms with Gasteiger partial charge in [0.15, 0.2) is 11.5 Å². The fourth-order valence-electron chi connectivity index (χ4n) is 4.41. The first kappa shape index (κ1) is 17.4. The molecule has 1 saturated heterocycles. The molecule has 0 saturated carbocycles. The van der Waals surface area contributed by atoms with Gasteiger partial charge in [-0.05, 0) is 55.5 Å². The number of hydrogen-bond acceptors (Lipinski definition) is 4. The van der Waals surface area contributed by atoms with Gasteiger partial charge in [-0.1, -0.05) is 36.4 Å². The number of methoxy groups -OCH3 is 1. The number of fused-ring (bicyclic) bond motifs is 1. The number of hydrogen-bond donors (Lipinski definition) is 1. The van der Waals surface area contributed by atoms with Crippen LogP contribution in [0.15, 0.2) is 48.5 Å². The molecule has 1 aliphatic heterocycles. The lowest BCUT2D eigenvalue weighted by Gasteiger charge is -2.43. The van der Waals surface area contributed by atoms with Crippen LogP contribution in [0.1, 0.15) is 36.5 Å². The molecule has 0 spiro atoms. The Balaban J connectivity index is 1.67. The number of rotatable bonds is 4. The first-order valence-electron chi connectivity index (χ1n) is 9.63. The van der Waals surface area contributed by atoms with Crippen molar-refractivity contribution in [2.45, 2.75) is 43.9 Å². The molecule has 4 nitrogen and oxygen atoms in total. The van der Waals surface area contributed by atoms with Gasteiger partial charge in [0.2, 0.25) is 0 Å². The van der Waals surface area contributed by atoms with E-state index in [4.69, 9.17) is 15.2 Å². The number of nitrogens with two attached hydrogens (primary N) is 1. The van der Waals surface area contributed by atoms with E-state index >= 15 is 0 Å². The second-order valence-electron chi connectivity index (χ2n) is 7.39. The third-order valence-electron chi connectivity index (χ3n) is 5.70. The van der Waals surface area contributed by atoms with Crippen LogP contribution in [0.25, 0.3) is 0 Å². The average Bonchev–Trinajstić information content (AvgIpc) is 2.68. The van der Waals surface area contributed by atoms with E-state index in [-0.39, 0.29) is 12.1 Å². The molecule has 0 bridgehead atoms. The minimum Gasteiger partial charge on any atom is -0.493 e. The summed E-state index contributed by atoms with van der Waals surface area (Å²) in [4.78, 5) is 2.55. The average molecular weight is 352 g/mol. The maximum atomic E-state index is 6.60. The van der Waals surface area contributed by atoms with E-state index in [0.29, 0.717) is 6.04 Å². The zero-order chi connectivity index (χ0) is 17.9. The van der Waals surface area contributed by atoms with Crippen molar-refractivity contribution in [2.75, 3.05) is 20.2 Å². The highest BCUT2D eigenvalue weighted by molar-refractivity contribution is 5.41. The van der Waals surface area contributed by atoms with Crippen LogP contribution in [-0.2, 0) is 6.42 Å². The summed E-state index contributed by atoms with van der Waals surface area (Å²) in [5, 5.41) is 0. The molecule has 0 radical (unpaired) electrons. The summed E-state index contributed by atoms with van der Waals surface area (Å²) in [7, 11) is 1.69. The van der Waals surface area contributed by atoms with Crippen molar-refractivity contribution in [1.29, 1.82) is 0 Å². The molecule has 1 aliphatic carbocycles. The second kappa shape index (κ2) is 7.68. The molecular formula is C22H28N2O2. The minimum absolute atomic E-state index is 0.00144. The summed E-state index contributed by atoms with van der Waals surface area (Å²) in [6, 6.07) is 17.2. The summed E-state index contributed by atoms with van der Waals surface area (Å²) in [6.07, 6.45) is 4.49. The van der Waals surface area contributed by atoms with Gasteiger partial charge in [0.1, 0.15) is 6.10 Å². The van der Waals surface area contributed by atoms with E-state index in [1.165, 1.54) is 17.5 Å². The normalized spacial score (nSPS) is 26.2. The molecule has 138 valence electrons. The number of ether oxygens (including phenoxy) is 2. The van der Waals surface area contributed by atoms with E-state index in [1.54, 1.807) is 7.11 Å². The number of para-hydroxylation sites is 2. The van der Waals surface area contributed by atoms with Crippen LogP contribution in [0.4, 0.5) is 0 Å². The van der Waals surface area contributed by atoms with Gasteiger partial charge in [-0.25, -0.2) is 0 Å². The summed E-state index contributed by atoms with van der Waals surface area (Å²) in [6.45, 7) is 2.06. The molecule has 2 aromatic rings. The van der Waals surface area contributed by atoms with E-state index in [1.807, 2.05) is 24.3 Å². The fraction of sp³-hybridized carbons (Fsp3) is 0.455. The molecular weight excluding hydrogens is 324 g/mol. The van der Waals surface area contributed by atoms with Gasteiger partial charge in [-0.3, -0.25) is 4.90 Å². The van der Waals surface area contributed by atoms with Crippen molar-refractivity contribution in [3.05, 3.63) is 59.7 Å². The minimum atomic E-state index is 0.00144. The van der Waals surface area contributed by atoms with Crippen molar-refractivity contribution in [2.24, 2.45) is 5.73 Å². The van der Waals surface area contributed by atoms with Gasteiger partial charge in [0, 0.05) is 12.6 Å². The lowest BCUT2D eigenvalue weighted by Crippen LogP contribution is -2.51. The van der Waals surface area contributed by atoms with E-state index in [0.717, 1.165) is 43.9 Å². The number of aryl methyl sites for hydroxylation is 1. The van der Waals surface area contributed by atoms with Crippen LogP contribution in [-0.4, -0.2) is 37.2 Å². The standard InChI is InChI=1S/C22H28N2O2/c1-25-20-10-4-5-11-21(20)26-22-18-9-3-2-7-16(18)12-13-19(22)24-14-6-8-17(23)15-24/h2-5,7,9-11,17,19,22H,6,8,12-15,23H2,1H3. The Morgan fingerprint density at radius 2 is 1.77 bits per heavy atom. The first-order chi connectivity index (χ1) is 12.8. The molecule has 0 amide bonds. The summed E-state index contributed by atoms with van der Waals surface area (Å²) < 4.78 is 12.1. The van der Waals surface area contributed by atoms with Crippen molar-refractivity contribution in [1.82, 2.24) is 4.90 Å². The van der Waals surface area contributed by atoms with Crippen LogP contribution >= 0.6 is 0 Å². The van der Waals surface area contributed by atoms with Crippen LogP contribution in [0.2, 0.25) is 0 Å². The van der Waals surface area contributed by atoms with Crippen molar-refractivity contribution in [3.63, 3.8) is 0 Å². The van der Waals surface area contributed by atoms with Crippen LogP contribution in [0, 0.1) is 0 Å². The van der Waals surface area contributed by atoms with Gasteiger partial charge in [-0.2, -0.15) is 0 Å². The lowest BCUT2D eigenvalue weighted by molar-refractivity contribution is 0.0354. The van der Waals surface area contributed by atoms with Gasteiger partial charge in [0.05, 0.1) is 13.2 Å². The first-order valence-corrected chi connectivity index (χ1v) is 9.63. The quantitative estimate of drug-likeness (QED) is 0.914. The van der Waals surface area contributed by atoms with E-state index < -0.39 is 0 Å². The topological polar surface area (TPSA) is 47.7 Å². The van der Waals surface area contributed by atoms with Gasteiger partial charge >= 0.3 is 0 Å². The van der Waals surface area contributed by atoms with Crippen LogP contribution in [0.3, 0.4) is 0 Å². The number of piperidine rings is 1. The van der Waals surface area contributed by atoms with Crippen molar-refractivity contribution >= 4 is 0 Å². The Hall–Kier alpha value is -2.04. The maximum Gasteiger partial charge on any atom is 0.162 e. The second-order valence-corrected chi connectivity index (χ2v) is 7.39. The van der Waals surface area contributed by atoms with E-state index in [2.05, 4.69) is 29.2 Å². The van der Waals surface area contributed by atoms with Gasteiger partial charge in [-0.15, -0.1) is 0 Å². The molecule has 1 heterocycles.